The number of aryl methyl sites for hydroxylation is 1. The summed E-state index contributed by atoms with van der Waals surface area (Å²) in [7, 11) is 0. The summed E-state index contributed by atoms with van der Waals surface area (Å²) in [5, 5.41) is 11.6. The van der Waals surface area contributed by atoms with E-state index in [1.54, 1.807) is 13.0 Å². The highest BCUT2D eigenvalue weighted by atomic mass is 79.9. The molecule has 0 radical (unpaired) electrons. The number of amides is 1. The minimum atomic E-state index is -4.72. The van der Waals surface area contributed by atoms with Crippen LogP contribution in [0.4, 0.5) is 13.2 Å². The number of hydrogen-bond donors (Lipinski definition) is 2. The number of halogens is 5. The second-order valence-electron chi connectivity index (χ2n) is 6.47. The first kappa shape index (κ1) is 22.2. The largest absolute Gasteiger partial charge is 0.478 e. The number of carbonyl (C=O) groups is 2. The first-order valence-electron chi connectivity index (χ1n) is 8.72. The molecular formula is C20H15BrClF3N2O3. The quantitative estimate of drug-likeness (QED) is 0.462. The Morgan fingerprint density at radius 3 is 2.50 bits per heavy atom. The molecule has 0 aliphatic carbocycles. The van der Waals surface area contributed by atoms with Crippen LogP contribution in [-0.4, -0.2) is 27.7 Å². The molecule has 1 amide bonds. The summed E-state index contributed by atoms with van der Waals surface area (Å²) in [4.78, 5) is 24.1. The van der Waals surface area contributed by atoms with Crippen molar-refractivity contribution in [2.24, 2.45) is 0 Å². The summed E-state index contributed by atoms with van der Waals surface area (Å²) in [6.07, 6.45) is -4.72. The lowest BCUT2D eigenvalue weighted by atomic mass is 10.1. The van der Waals surface area contributed by atoms with Gasteiger partial charge in [0, 0.05) is 16.4 Å². The summed E-state index contributed by atoms with van der Waals surface area (Å²) in [5.41, 5.74) is 0.131. The molecule has 0 saturated heterocycles. The highest BCUT2D eigenvalue weighted by Crippen LogP contribution is 2.34. The van der Waals surface area contributed by atoms with Crippen LogP contribution in [-0.2, 0) is 6.54 Å². The van der Waals surface area contributed by atoms with E-state index in [0.29, 0.717) is 15.4 Å². The SMILES string of the molecule is CCn1c(C(=O)NC(c2cccc(Br)c2)C(F)(F)F)cc2cc(C(=O)O)c(Cl)cc21. The Kier molecular flexibility index (Phi) is 6.14. The fraction of sp³-hybridized carbons (Fsp3) is 0.200. The Hall–Kier alpha value is -2.52. The third kappa shape index (κ3) is 4.32. The molecule has 10 heteroatoms. The Morgan fingerprint density at radius 2 is 1.93 bits per heavy atom. The second kappa shape index (κ2) is 8.31. The molecule has 0 fully saturated rings. The van der Waals surface area contributed by atoms with E-state index in [4.69, 9.17) is 11.6 Å². The molecule has 30 heavy (non-hydrogen) atoms. The number of carboxylic acid groups (broad SMARTS) is 1. The molecule has 5 nitrogen and oxygen atoms in total. The molecule has 1 aromatic heterocycles. The van der Waals surface area contributed by atoms with E-state index in [9.17, 15) is 27.9 Å². The average Bonchev–Trinajstić information content (AvgIpc) is 3.01. The van der Waals surface area contributed by atoms with Gasteiger partial charge in [0.25, 0.3) is 5.91 Å². The highest BCUT2D eigenvalue weighted by molar-refractivity contribution is 9.10. The maximum Gasteiger partial charge on any atom is 0.412 e. The summed E-state index contributed by atoms with van der Waals surface area (Å²) in [6.45, 7) is 1.98. The lowest BCUT2D eigenvalue weighted by Crippen LogP contribution is -2.38. The number of nitrogens with zero attached hydrogens (tertiary/aromatic N) is 1. The smallest absolute Gasteiger partial charge is 0.412 e. The zero-order chi connectivity index (χ0) is 22.2. The summed E-state index contributed by atoms with van der Waals surface area (Å²) in [5.74, 6) is -2.19. The monoisotopic (exact) mass is 502 g/mol. The van der Waals surface area contributed by atoms with Crippen molar-refractivity contribution in [2.75, 3.05) is 0 Å². The van der Waals surface area contributed by atoms with Crippen LogP contribution in [0.25, 0.3) is 10.9 Å². The third-order valence-corrected chi connectivity index (χ3v) is 5.36. The molecule has 0 bridgehead atoms. The van der Waals surface area contributed by atoms with Gasteiger partial charge in [0.1, 0.15) is 5.69 Å². The molecule has 3 rings (SSSR count). The van der Waals surface area contributed by atoms with E-state index < -0.39 is 24.1 Å². The van der Waals surface area contributed by atoms with Gasteiger partial charge >= 0.3 is 12.1 Å². The Balaban J connectivity index is 2.05. The molecular weight excluding hydrogens is 489 g/mol. The molecule has 0 aliphatic heterocycles. The zero-order valence-corrected chi connectivity index (χ0v) is 17.8. The van der Waals surface area contributed by atoms with Crippen molar-refractivity contribution in [3.8, 4) is 0 Å². The van der Waals surface area contributed by atoms with Crippen LogP contribution in [0.15, 0.2) is 46.9 Å². The van der Waals surface area contributed by atoms with Gasteiger partial charge in [-0.2, -0.15) is 13.2 Å². The predicted octanol–water partition coefficient (Wildman–Crippen LogP) is 5.81. The minimum absolute atomic E-state index is 0.0305. The van der Waals surface area contributed by atoms with Gasteiger partial charge in [-0.05, 0) is 42.8 Å². The van der Waals surface area contributed by atoms with Gasteiger partial charge in [0.05, 0.1) is 16.1 Å². The fourth-order valence-corrected chi connectivity index (χ4v) is 3.88. The van der Waals surface area contributed by atoms with Crippen LogP contribution in [0.3, 0.4) is 0 Å². The van der Waals surface area contributed by atoms with E-state index in [1.165, 1.54) is 41.0 Å². The number of carbonyl (C=O) groups excluding carboxylic acids is 1. The molecule has 158 valence electrons. The van der Waals surface area contributed by atoms with Crippen LogP contribution < -0.4 is 5.32 Å². The first-order valence-corrected chi connectivity index (χ1v) is 9.89. The van der Waals surface area contributed by atoms with Gasteiger partial charge in [-0.3, -0.25) is 4.79 Å². The number of aromatic nitrogens is 1. The maximum atomic E-state index is 13.7. The molecule has 2 aromatic carbocycles. The fourth-order valence-electron chi connectivity index (χ4n) is 3.22. The summed E-state index contributed by atoms with van der Waals surface area (Å²) in [6, 6.07) is 7.40. The molecule has 0 aliphatic rings. The first-order chi connectivity index (χ1) is 14.0. The van der Waals surface area contributed by atoms with Crippen LogP contribution in [0.5, 0.6) is 0 Å². The number of nitrogens with one attached hydrogen (secondary N) is 1. The number of rotatable bonds is 5. The number of fused-ring (bicyclic) bond motifs is 1. The predicted molar refractivity (Wildman–Crippen MR) is 110 cm³/mol. The standard InChI is InChI=1S/C20H15BrClF3N2O3/c1-2-27-15-9-14(22)13(19(29)30)7-11(15)8-16(27)18(28)26-17(20(23,24)25)10-4-3-5-12(21)6-10/h3-9,17H,2H2,1H3,(H,26,28)(H,29,30). The van der Waals surface area contributed by atoms with E-state index in [0.717, 1.165) is 0 Å². The van der Waals surface area contributed by atoms with Gasteiger partial charge in [-0.1, -0.05) is 39.7 Å². The van der Waals surface area contributed by atoms with Crippen molar-refractivity contribution in [1.82, 2.24) is 9.88 Å². The number of hydrogen-bond acceptors (Lipinski definition) is 2. The van der Waals surface area contributed by atoms with Crippen molar-refractivity contribution >= 4 is 50.3 Å². The van der Waals surface area contributed by atoms with Crippen molar-refractivity contribution in [1.29, 1.82) is 0 Å². The number of carboxylic acids is 1. The Morgan fingerprint density at radius 1 is 1.23 bits per heavy atom. The van der Waals surface area contributed by atoms with E-state index in [2.05, 4.69) is 15.9 Å². The second-order valence-corrected chi connectivity index (χ2v) is 7.80. The normalized spacial score (nSPS) is 12.7. The Bertz CT molecular complexity index is 1140. The van der Waals surface area contributed by atoms with Gasteiger partial charge in [-0.25, -0.2) is 4.79 Å². The summed E-state index contributed by atoms with van der Waals surface area (Å²) >= 11 is 9.14. The zero-order valence-electron chi connectivity index (χ0n) is 15.4. The summed E-state index contributed by atoms with van der Waals surface area (Å²) < 4.78 is 43.0. The average molecular weight is 504 g/mol. The number of benzene rings is 2. The minimum Gasteiger partial charge on any atom is -0.478 e. The molecule has 0 spiro atoms. The van der Waals surface area contributed by atoms with Gasteiger partial charge < -0.3 is 15.0 Å². The maximum absolute atomic E-state index is 13.7. The highest BCUT2D eigenvalue weighted by Gasteiger charge is 2.42. The van der Waals surface area contributed by atoms with Crippen molar-refractivity contribution in [2.45, 2.75) is 25.7 Å². The molecule has 0 saturated carbocycles. The van der Waals surface area contributed by atoms with Crippen molar-refractivity contribution in [3.05, 3.63) is 68.8 Å². The van der Waals surface area contributed by atoms with E-state index >= 15 is 0 Å². The Labute approximate surface area is 182 Å². The molecule has 1 atom stereocenters. The van der Waals surface area contributed by atoms with Crippen molar-refractivity contribution < 1.29 is 27.9 Å². The van der Waals surface area contributed by atoms with Crippen LogP contribution >= 0.6 is 27.5 Å². The van der Waals surface area contributed by atoms with E-state index in [1.807, 2.05) is 5.32 Å². The lowest BCUT2D eigenvalue weighted by molar-refractivity contribution is -0.155. The molecule has 2 N–H and O–H groups in total. The van der Waals surface area contributed by atoms with Crippen LogP contribution in [0, 0.1) is 0 Å². The van der Waals surface area contributed by atoms with E-state index in [-0.39, 0.29) is 28.4 Å². The van der Waals surface area contributed by atoms with Gasteiger partial charge in [0.15, 0.2) is 6.04 Å². The van der Waals surface area contributed by atoms with Gasteiger partial charge in [0.2, 0.25) is 0 Å². The number of aromatic carboxylic acids is 1. The van der Waals surface area contributed by atoms with Crippen LogP contribution in [0.1, 0.15) is 39.4 Å². The molecule has 1 unspecified atom stereocenters. The van der Waals surface area contributed by atoms with Crippen LogP contribution in [0.2, 0.25) is 5.02 Å². The third-order valence-electron chi connectivity index (χ3n) is 4.55. The molecule has 1 heterocycles. The molecule has 3 aromatic rings. The van der Waals surface area contributed by atoms with Crippen molar-refractivity contribution in [3.63, 3.8) is 0 Å². The lowest BCUT2D eigenvalue weighted by Gasteiger charge is -2.22. The number of alkyl halides is 3. The topological polar surface area (TPSA) is 71.3 Å². The van der Waals surface area contributed by atoms with Gasteiger partial charge in [-0.15, -0.1) is 0 Å².